The average Bonchev–Trinajstić information content (AvgIpc) is 3.18. The van der Waals surface area contributed by atoms with E-state index < -0.39 is 17.9 Å². The van der Waals surface area contributed by atoms with E-state index >= 15 is 0 Å². The molecule has 10 nitrogen and oxygen atoms in total. The summed E-state index contributed by atoms with van der Waals surface area (Å²) in [5.41, 5.74) is 8.53. The van der Waals surface area contributed by atoms with Crippen molar-refractivity contribution in [1.82, 2.24) is 9.88 Å². The van der Waals surface area contributed by atoms with Crippen LogP contribution >= 0.6 is 12.4 Å². The van der Waals surface area contributed by atoms with Gasteiger partial charge in [-0.3, -0.25) is 14.4 Å². The molecule has 0 bridgehead atoms. The van der Waals surface area contributed by atoms with E-state index in [1.807, 2.05) is 0 Å². The van der Waals surface area contributed by atoms with Gasteiger partial charge in [0, 0.05) is 30.2 Å². The molecule has 0 aliphatic carbocycles. The van der Waals surface area contributed by atoms with Gasteiger partial charge < -0.3 is 31.0 Å². The number of nitrogens with one attached hydrogen (secondary N) is 3. The molecule has 190 valence electrons. The number of aromatic nitrogens is 1. The van der Waals surface area contributed by atoms with Crippen LogP contribution in [0.25, 0.3) is 0 Å². The number of rotatable bonds is 8. The van der Waals surface area contributed by atoms with Gasteiger partial charge in [-0.25, -0.2) is 4.79 Å². The molecule has 1 atom stereocenters. The van der Waals surface area contributed by atoms with Crippen LogP contribution in [0.2, 0.25) is 0 Å². The van der Waals surface area contributed by atoms with Gasteiger partial charge in [-0.15, -0.1) is 12.4 Å². The molecule has 0 aliphatic rings. The number of nitrogens with two attached hydrogens (primary N) is 1. The number of hydrogen-bond donors (Lipinski definition) is 4. The lowest BCUT2D eigenvalue weighted by molar-refractivity contribution is -0.144. The number of nitrogen functional groups attached to an aromatic ring is 1. The topological polar surface area (TPSA) is 145 Å². The number of ether oxygens (including phenoxy) is 1. The Bertz CT molecular complexity index is 1270. The molecule has 11 heteroatoms. The highest BCUT2D eigenvalue weighted by molar-refractivity contribution is 6.07. The molecule has 0 aliphatic heterocycles. The molecule has 1 heterocycles. The second kappa shape index (κ2) is 12.4. The van der Waals surface area contributed by atoms with Gasteiger partial charge in [0.05, 0.1) is 19.2 Å². The normalized spacial score (nSPS) is 11.0. The third kappa shape index (κ3) is 7.34. The van der Waals surface area contributed by atoms with Crippen molar-refractivity contribution in [1.29, 1.82) is 0 Å². The lowest BCUT2D eigenvalue weighted by Crippen LogP contribution is -2.39. The predicted octanol–water partition coefficient (Wildman–Crippen LogP) is 2.75. The number of amides is 3. The molecule has 0 radical (unpaired) electrons. The van der Waals surface area contributed by atoms with Crippen LogP contribution in [0.5, 0.6) is 0 Å². The summed E-state index contributed by atoms with van der Waals surface area (Å²) >= 11 is 0. The molecule has 0 spiro atoms. The van der Waals surface area contributed by atoms with Gasteiger partial charge in [0.25, 0.3) is 11.8 Å². The summed E-state index contributed by atoms with van der Waals surface area (Å²) in [6, 6.07) is 14.2. The maximum atomic E-state index is 12.8. The second-order valence-corrected chi connectivity index (χ2v) is 7.95. The number of esters is 1. The first-order chi connectivity index (χ1) is 16.7. The zero-order valence-electron chi connectivity index (χ0n) is 20.0. The Morgan fingerprint density at radius 1 is 0.972 bits per heavy atom. The lowest BCUT2D eigenvalue weighted by atomic mass is 10.1. The van der Waals surface area contributed by atoms with Crippen molar-refractivity contribution in [3.8, 4) is 0 Å². The molecule has 3 rings (SSSR count). The maximum absolute atomic E-state index is 12.8. The molecule has 5 N–H and O–H groups in total. The number of anilines is 3. The predicted molar refractivity (Wildman–Crippen MR) is 139 cm³/mol. The number of carbonyl (C=O) groups is 4. The average molecular weight is 514 g/mol. The van der Waals surface area contributed by atoms with Crippen LogP contribution in [0.1, 0.15) is 33.3 Å². The summed E-state index contributed by atoms with van der Waals surface area (Å²) in [5, 5.41) is 8.10. The molecule has 3 amide bonds. The Balaban J connectivity index is 0.00000456. The zero-order valence-corrected chi connectivity index (χ0v) is 20.8. The number of hydrogen-bond acceptors (Lipinski definition) is 6. The van der Waals surface area contributed by atoms with E-state index in [1.54, 1.807) is 72.4 Å². The van der Waals surface area contributed by atoms with Gasteiger partial charge in [-0.2, -0.15) is 0 Å². The Labute approximate surface area is 214 Å². The zero-order chi connectivity index (χ0) is 25.5. The highest BCUT2D eigenvalue weighted by Gasteiger charge is 2.17. The van der Waals surface area contributed by atoms with Crippen molar-refractivity contribution in [2.45, 2.75) is 19.4 Å². The summed E-state index contributed by atoms with van der Waals surface area (Å²) in [7, 11) is 2.94. The second-order valence-electron chi connectivity index (χ2n) is 7.95. The summed E-state index contributed by atoms with van der Waals surface area (Å²) in [4.78, 5) is 49.0. The molecule has 1 aromatic heterocycles. The van der Waals surface area contributed by atoms with Gasteiger partial charge in [0.1, 0.15) is 11.7 Å². The first-order valence-electron chi connectivity index (χ1n) is 10.8. The van der Waals surface area contributed by atoms with E-state index in [9.17, 15) is 19.2 Å². The molecule has 0 saturated carbocycles. The minimum atomic E-state index is -0.762. The van der Waals surface area contributed by atoms with Crippen LogP contribution in [0.3, 0.4) is 0 Å². The van der Waals surface area contributed by atoms with Crippen LogP contribution in [0.4, 0.5) is 17.1 Å². The Kier molecular flexibility index (Phi) is 9.63. The van der Waals surface area contributed by atoms with E-state index in [0.29, 0.717) is 33.9 Å². The maximum Gasteiger partial charge on any atom is 0.328 e. The number of carbonyl (C=O) groups excluding carboxylic acids is 4. The van der Waals surface area contributed by atoms with Crippen molar-refractivity contribution < 1.29 is 23.9 Å². The lowest BCUT2D eigenvalue weighted by Gasteiger charge is -2.12. The van der Waals surface area contributed by atoms with Crippen molar-refractivity contribution in [2.75, 3.05) is 23.5 Å². The van der Waals surface area contributed by atoms with Crippen molar-refractivity contribution >= 4 is 53.2 Å². The summed E-state index contributed by atoms with van der Waals surface area (Å²) < 4.78 is 6.19. The van der Waals surface area contributed by atoms with Crippen LogP contribution in [0, 0.1) is 0 Å². The fourth-order valence-electron chi connectivity index (χ4n) is 3.41. The molecule has 3 aromatic rings. The molecule has 2 aromatic carbocycles. The first-order valence-corrected chi connectivity index (χ1v) is 10.8. The van der Waals surface area contributed by atoms with Crippen molar-refractivity contribution in [2.24, 2.45) is 7.05 Å². The van der Waals surface area contributed by atoms with Crippen LogP contribution in [-0.2, 0) is 27.8 Å². The summed E-state index contributed by atoms with van der Waals surface area (Å²) in [5.74, 6) is -1.63. The largest absolute Gasteiger partial charge is 0.467 e. The highest BCUT2D eigenvalue weighted by Crippen LogP contribution is 2.18. The highest BCUT2D eigenvalue weighted by atomic mass is 35.5. The van der Waals surface area contributed by atoms with Crippen molar-refractivity contribution in [3.05, 3.63) is 77.6 Å². The van der Waals surface area contributed by atoms with Crippen LogP contribution < -0.4 is 21.7 Å². The van der Waals surface area contributed by atoms with Crippen molar-refractivity contribution in [3.63, 3.8) is 0 Å². The minimum absolute atomic E-state index is 0. The van der Waals surface area contributed by atoms with E-state index in [0.717, 1.165) is 0 Å². The molecular formula is C25H28ClN5O5. The number of aryl methyl sites for hydroxylation is 1. The number of methoxy groups -OCH3 is 1. The summed E-state index contributed by atoms with van der Waals surface area (Å²) in [6.45, 7) is 1.53. The SMILES string of the molecule is COC(=O)C(C)NC(=O)Cc1cccc(NC(=O)c2cc(NC(=O)c3cccc(N)c3)cn2C)c1.Cl. The van der Waals surface area contributed by atoms with Gasteiger partial charge in [0.2, 0.25) is 5.91 Å². The Morgan fingerprint density at radius 2 is 1.67 bits per heavy atom. The Hall–Kier alpha value is -4.31. The molecule has 0 saturated heterocycles. The van der Waals surface area contributed by atoms with E-state index in [2.05, 4.69) is 20.7 Å². The monoisotopic (exact) mass is 513 g/mol. The third-order valence-corrected chi connectivity index (χ3v) is 5.13. The van der Waals surface area contributed by atoms with E-state index in [4.69, 9.17) is 5.73 Å². The van der Waals surface area contributed by atoms with E-state index in [-0.39, 0.29) is 30.6 Å². The molecular weight excluding hydrogens is 486 g/mol. The van der Waals surface area contributed by atoms with Gasteiger partial charge in [-0.05, 0) is 48.9 Å². The fourth-order valence-corrected chi connectivity index (χ4v) is 3.41. The molecule has 36 heavy (non-hydrogen) atoms. The number of nitrogens with zero attached hydrogens (tertiary/aromatic N) is 1. The number of benzene rings is 2. The van der Waals surface area contributed by atoms with Gasteiger partial charge in [-0.1, -0.05) is 18.2 Å². The fraction of sp³-hybridized carbons (Fsp3) is 0.200. The van der Waals surface area contributed by atoms with Gasteiger partial charge in [0.15, 0.2) is 0 Å². The van der Waals surface area contributed by atoms with Gasteiger partial charge >= 0.3 is 5.97 Å². The summed E-state index contributed by atoms with van der Waals surface area (Å²) in [6.07, 6.45) is 1.65. The standard InChI is InChI=1S/C25H27N5O5.ClH/c1-15(25(34)35-3)27-22(31)11-16-6-4-9-19(10-16)28-24(33)21-13-20(14-30(21)2)29-23(32)17-7-5-8-18(26)12-17;/h4-10,12-15H,11,26H2,1-3H3,(H,27,31)(H,28,33)(H,29,32);1H. The van der Waals surface area contributed by atoms with Crippen LogP contribution in [-0.4, -0.2) is 41.4 Å². The smallest absolute Gasteiger partial charge is 0.328 e. The first kappa shape index (κ1) is 27.9. The molecule has 1 unspecified atom stereocenters. The number of halogens is 1. The molecule has 0 fully saturated rings. The quantitative estimate of drug-likeness (QED) is 0.269. The third-order valence-electron chi connectivity index (χ3n) is 5.13. The minimum Gasteiger partial charge on any atom is -0.467 e. The van der Waals surface area contributed by atoms with Crippen LogP contribution in [0.15, 0.2) is 60.8 Å². The van der Waals surface area contributed by atoms with E-state index in [1.165, 1.54) is 14.0 Å². The Morgan fingerprint density at radius 3 is 2.36 bits per heavy atom.